The lowest BCUT2D eigenvalue weighted by Crippen LogP contribution is -2.33. The molecule has 0 bridgehead atoms. The zero-order valence-corrected chi connectivity index (χ0v) is 12.9. The lowest BCUT2D eigenvalue weighted by atomic mass is 9.93. The van der Waals surface area contributed by atoms with Gasteiger partial charge in [-0.25, -0.2) is 0 Å². The summed E-state index contributed by atoms with van der Waals surface area (Å²) < 4.78 is 10.6. The zero-order chi connectivity index (χ0) is 15.2. The first-order valence-electron chi connectivity index (χ1n) is 7.33. The molecule has 0 fully saturated rings. The summed E-state index contributed by atoms with van der Waals surface area (Å²) in [7, 11) is 3.26. The predicted octanol–water partition coefficient (Wildman–Crippen LogP) is 3.24. The summed E-state index contributed by atoms with van der Waals surface area (Å²) in [6.07, 6.45) is 6.95. The van der Waals surface area contributed by atoms with Crippen LogP contribution in [0.3, 0.4) is 0 Å². The van der Waals surface area contributed by atoms with Gasteiger partial charge in [0.2, 0.25) is 5.91 Å². The Labute approximate surface area is 126 Å². The lowest BCUT2D eigenvalue weighted by molar-refractivity contribution is -0.125. The Morgan fingerprint density at radius 3 is 2.71 bits per heavy atom. The second kappa shape index (κ2) is 7.16. The largest absolute Gasteiger partial charge is 0.497 e. The molecule has 0 aliphatic heterocycles. The van der Waals surface area contributed by atoms with Crippen LogP contribution in [0.15, 0.2) is 30.4 Å². The minimum absolute atomic E-state index is 0.0778. The van der Waals surface area contributed by atoms with Gasteiger partial charge < -0.3 is 14.8 Å². The van der Waals surface area contributed by atoms with Gasteiger partial charge in [-0.05, 0) is 44.4 Å². The molecule has 2 unspecified atom stereocenters. The molecule has 1 aromatic rings. The molecule has 1 N–H and O–H groups in total. The number of carbonyl (C=O) groups excluding carboxylic acids is 1. The van der Waals surface area contributed by atoms with Gasteiger partial charge in [-0.15, -0.1) is 0 Å². The monoisotopic (exact) mass is 289 g/mol. The van der Waals surface area contributed by atoms with E-state index in [4.69, 9.17) is 9.47 Å². The van der Waals surface area contributed by atoms with Crippen molar-refractivity contribution in [2.75, 3.05) is 14.2 Å². The van der Waals surface area contributed by atoms with Crippen molar-refractivity contribution in [2.24, 2.45) is 5.92 Å². The third-order valence-electron chi connectivity index (χ3n) is 3.90. The van der Waals surface area contributed by atoms with Crippen molar-refractivity contribution >= 4 is 5.91 Å². The van der Waals surface area contributed by atoms with Crippen LogP contribution in [0.1, 0.15) is 37.8 Å². The van der Waals surface area contributed by atoms with Gasteiger partial charge in [0, 0.05) is 11.5 Å². The second-order valence-corrected chi connectivity index (χ2v) is 5.32. The summed E-state index contributed by atoms with van der Waals surface area (Å²) in [6, 6.07) is 5.50. The number of rotatable bonds is 5. The van der Waals surface area contributed by atoms with Crippen molar-refractivity contribution in [3.05, 3.63) is 35.9 Å². The van der Waals surface area contributed by atoms with Gasteiger partial charge in [-0.1, -0.05) is 12.2 Å². The van der Waals surface area contributed by atoms with Crippen LogP contribution in [-0.4, -0.2) is 20.1 Å². The number of amides is 1. The highest BCUT2D eigenvalue weighted by Crippen LogP contribution is 2.30. The minimum atomic E-state index is -0.117. The van der Waals surface area contributed by atoms with E-state index in [1.807, 2.05) is 25.1 Å². The van der Waals surface area contributed by atoms with Gasteiger partial charge in [0.05, 0.1) is 20.3 Å². The van der Waals surface area contributed by atoms with E-state index in [9.17, 15) is 4.79 Å². The van der Waals surface area contributed by atoms with Crippen molar-refractivity contribution < 1.29 is 14.3 Å². The molecule has 2 rings (SSSR count). The zero-order valence-electron chi connectivity index (χ0n) is 12.9. The number of methoxy groups -OCH3 is 2. The standard InChI is InChI=1S/C17H23NO3/c1-12(18-17(19)13-7-5-4-6-8-13)15-11-14(20-2)9-10-16(15)21-3/h4-5,9-13H,6-8H2,1-3H3,(H,18,19). The fourth-order valence-electron chi connectivity index (χ4n) is 2.62. The summed E-state index contributed by atoms with van der Waals surface area (Å²) >= 11 is 0. The highest BCUT2D eigenvalue weighted by Gasteiger charge is 2.22. The molecule has 0 saturated heterocycles. The fourth-order valence-corrected chi connectivity index (χ4v) is 2.62. The van der Waals surface area contributed by atoms with Crippen LogP contribution in [0.25, 0.3) is 0 Å². The quantitative estimate of drug-likeness (QED) is 0.847. The third-order valence-corrected chi connectivity index (χ3v) is 3.90. The van der Waals surface area contributed by atoms with Gasteiger partial charge in [0.1, 0.15) is 11.5 Å². The Balaban J connectivity index is 2.10. The molecule has 0 aromatic heterocycles. The first kappa shape index (κ1) is 15.4. The van der Waals surface area contributed by atoms with Crippen LogP contribution < -0.4 is 14.8 Å². The van der Waals surface area contributed by atoms with E-state index < -0.39 is 0 Å². The Morgan fingerprint density at radius 2 is 2.10 bits per heavy atom. The van der Waals surface area contributed by atoms with Gasteiger partial charge >= 0.3 is 0 Å². The maximum atomic E-state index is 12.3. The van der Waals surface area contributed by atoms with E-state index in [2.05, 4.69) is 17.5 Å². The van der Waals surface area contributed by atoms with Gasteiger partial charge in [0.25, 0.3) is 0 Å². The summed E-state index contributed by atoms with van der Waals surface area (Å²) in [5.41, 5.74) is 0.927. The van der Waals surface area contributed by atoms with E-state index >= 15 is 0 Å². The van der Waals surface area contributed by atoms with Crippen LogP contribution in [0.5, 0.6) is 11.5 Å². The molecule has 114 valence electrons. The number of ether oxygens (including phenoxy) is 2. The molecule has 0 spiro atoms. The number of carbonyl (C=O) groups is 1. The van der Waals surface area contributed by atoms with Crippen molar-refractivity contribution in [1.82, 2.24) is 5.32 Å². The molecule has 0 radical (unpaired) electrons. The summed E-state index contributed by atoms with van der Waals surface area (Å²) in [5, 5.41) is 3.08. The number of hydrogen-bond acceptors (Lipinski definition) is 3. The fraction of sp³-hybridized carbons (Fsp3) is 0.471. The molecule has 0 heterocycles. The molecule has 1 aromatic carbocycles. The van der Waals surface area contributed by atoms with Gasteiger partial charge in [0.15, 0.2) is 0 Å². The molecule has 21 heavy (non-hydrogen) atoms. The van der Waals surface area contributed by atoms with Crippen molar-refractivity contribution in [3.8, 4) is 11.5 Å². The summed E-state index contributed by atoms with van der Waals surface area (Å²) in [4.78, 5) is 12.3. The Bertz CT molecular complexity index is 525. The van der Waals surface area contributed by atoms with Gasteiger partial charge in [-0.3, -0.25) is 4.79 Å². The predicted molar refractivity (Wildman–Crippen MR) is 82.6 cm³/mol. The van der Waals surface area contributed by atoms with Crippen molar-refractivity contribution in [3.63, 3.8) is 0 Å². The van der Waals surface area contributed by atoms with Crippen LogP contribution in [-0.2, 0) is 4.79 Å². The number of benzene rings is 1. The average Bonchev–Trinajstić information content (AvgIpc) is 2.54. The van der Waals surface area contributed by atoms with E-state index in [1.54, 1.807) is 14.2 Å². The molecule has 1 amide bonds. The van der Waals surface area contributed by atoms with Crippen molar-refractivity contribution in [1.29, 1.82) is 0 Å². The maximum absolute atomic E-state index is 12.3. The number of hydrogen-bond donors (Lipinski definition) is 1. The second-order valence-electron chi connectivity index (χ2n) is 5.32. The first-order valence-corrected chi connectivity index (χ1v) is 7.33. The topological polar surface area (TPSA) is 47.6 Å². The van der Waals surface area contributed by atoms with E-state index in [1.165, 1.54) is 0 Å². The molecule has 0 saturated carbocycles. The lowest BCUT2D eigenvalue weighted by Gasteiger charge is -2.22. The smallest absolute Gasteiger partial charge is 0.223 e. The minimum Gasteiger partial charge on any atom is -0.497 e. The molecular formula is C17H23NO3. The Morgan fingerprint density at radius 1 is 1.29 bits per heavy atom. The maximum Gasteiger partial charge on any atom is 0.223 e. The molecule has 4 heteroatoms. The van der Waals surface area contributed by atoms with Crippen molar-refractivity contribution in [2.45, 2.75) is 32.2 Å². The van der Waals surface area contributed by atoms with Gasteiger partial charge in [-0.2, -0.15) is 0 Å². The highest BCUT2D eigenvalue weighted by atomic mass is 16.5. The SMILES string of the molecule is COc1ccc(OC)c(C(C)NC(=O)C2CC=CCC2)c1. The summed E-state index contributed by atoms with van der Waals surface area (Å²) in [5.74, 6) is 1.70. The van der Waals surface area contributed by atoms with E-state index in [0.717, 1.165) is 36.3 Å². The number of allylic oxidation sites excluding steroid dienone is 2. The average molecular weight is 289 g/mol. The molecule has 1 aliphatic rings. The first-order chi connectivity index (χ1) is 10.2. The van der Waals surface area contributed by atoms with Crippen LogP contribution in [0, 0.1) is 5.92 Å². The summed E-state index contributed by atoms with van der Waals surface area (Å²) in [6.45, 7) is 1.97. The normalized spacial score (nSPS) is 18.9. The van der Waals surface area contributed by atoms with Crippen LogP contribution in [0.2, 0.25) is 0 Å². The van der Waals surface area contributed by atoms with E-state index in [-0.39, 0.29) is 17.9 Å². The third kappa shape index (κ3) is 3.78. The van der Waals surface area contributed by atoms with Crippen LogP contribution >= 0.6 is 0 Å². The van der Waals surface area contributed by atoms with E-state index in [0.29, 0.717) is 0 Å². The van der Waals surface area contributed by atoms with Crippen LogP contribution in [0.4, 0.5) is 0 Å². The molecular weight excluding hydrogens is 266 g/mol. The molecule has 1 aliphatic carbocycles. The Kier molecular flexibility index (Phi) is 5.26. The highest BCUT2D eigenvalue weighted by molar-refractivity contribution is 5.79. The molecule has 2 atom stereocenters. The number of nitrogens with one attached hydrogen (secondary N) is 1. The molecule has 4 nitrogen and oxygen atoms in total. The Hall–Kier alpha value is -1.97.